The minimum atomic E-state index is -3.44. The Morgan fingerprint density at radius 1 is 1.25 bits per heavy atom. The molecule has 0 unspecified atom stereocenters. The molecule has 0 fully saturated rings. The van der Waals surface area contributed by atoms with Crippen LogP contribution < -0.4 is 5.32 Å². The molecule has 0 aliphatic carbocycles. The Morgan fingerprint density at radius 3 is 2.62 bits per heavy atom. The van der Waals surface area contributed by atoms with Crippen LogP contribution in [-0.4, -0.2) is 31.4 Å². The SMILES string of the molecule is CS(=O)(=O)N(CCC(=O)NCc1ccccc1Cl)Cc1ccco1. The summed E-state index contributed by atoms with van der Waals surface area (Å²) in [6.07, 6.45) is 2.64. The Balaban J connectivity index is 1.87. The van der Waals surface area contributed by atoms with Crippen LogP contribution >= 0.6 is 11.6 Å². The summed E-state index contributed by atoms with van der Waals surface area (Å²) in [5.41, 5.74) is 0.808. The molecule has 6 nitrogen and oxygen atoms in total. The standard InChI is InChI=1S/C16H19ClN2O4S/c1-24(21,22)19(12-14-6-4-10-23-14)9-8-16(20)18-11-13-5-2-3-7-15(13)17/h2-7,10H,8-9,11-12H2,1H3,(H,18,20). The molecule has 130 valence electrons. The number of hydrogen-bond donors (Lipinski definition) is 1. The predicted octanol–water partition coefficient (Wildman–Crippen LogP) is 2.40. The zero-order chi connectivity index (χ0) is 17.6. The van der Waals surface area contributed by atoms with Gasteiger partial charge in [-0.2, -0.15) is 4.31 Å². The molecule has 1 amide bonds. The Labute approximate surface area is 146 Å². The Hall–Kier alpha value is -1.83. The van der Waals surface area contributed by atoms with Gasteiger partial charge in [0.05, 0.1) is 19.1 Å². The summed E-state index contributed by atoms with van der Waals surface area (Å²) < 4.78 is 30.0. The van der Waals surface area contributed by atoms with Gasteiger partial charge in [-0.05, 0) is 23.8 Å². The van der Waals surface area contributed by atoms with E-state index < -0.39 is 10.0 Å². The average Bonchev–Trinajstić information content (AvgIpc) is 3.02. The molecule has 1 heterocycles. The van der Waals surface area contributed by atoms with Gasteiger partial charge in [-0.1, -0.05) is 29.8 Å². The molecule has 1 aromatic heterocycles. The maximum atomic E-state index is 12.0. The number of nitrogens with zero attached hydrogens (tertiary/aromatic N) is 1. The first-order valence-electron chi connectivity index (χ1n) is 7.34. The first-order chi connectivity index (χ1) is 11.4. The van der Waals surface area contributed by atoms with Crippen molar-refractivity contribution < 1.29 is 17.6 Å². The zero-order valence-corrected chi connectivity index (χ0v) is 14.8. The molecule has 0 spiro atoms. The minimum absolute atomic E-state index is 0.0538. The number of rotatable bonds is 8. The van der Waals surface area contributed by atoms with Gasteiger partial charge in [0.15, 0.2) is 0 Å². The van der Waals surface area contributed by atoms with E-state index in [4.69, 9.17) is 16.0 Å². The van der Waals surface area contributed by atoms with Crippen LogP contribution in [0.4, 0.5) is 0 Å². The van der Waals surface area contributed by atoms with Crippen LogP contribution in [0.5, 0.6) is 0 Å². The molecule has 1 aromatic carbocycles. The quantitative estimate of drug-likeness (QED) is 0.773. The average molecular weight is 371 g/mol. The second kappa shape index (κ2) is 8.32. The van der Waals surface area contributed by atoms with Crippen molar-refractivity contribution >= 4 is 27.5 Å². The summed E-state index contributed by atoms with van der Waals surface area (Å²) in [7, 11) is -3.44. The third-order valence-corrected chi connectivity index (χ3v) is 5.02. The molecule has 0 bridgehead atoms. The Kier molecular flexibility index (Phi) is 6.42. The normalized spacial score (nSPS) is 11.6. The van der Waals surface area contributed by atoms with Gasteiger partial charge in [-0.15, -0.1) is 0 Å². The highest BCUT2D eigenvalue weighted by atomic mass is 35.5. The molecule has 8 heteroatoms. The second-order valence-corrected chi connectivity index (χ2v) is 7.68. The van der Waals surface area contributed by atoms with E-state index in [0.717, 1.165) is 11.8 Å². The highest BCUT2D eigenvalue weighted by molar-refractivity contribution is 7.88. The maximum absolute atomic E-state index is 12.0. The largest absolute Gasteiger partial charge is 0.468 e. The van der Waals surface area contributed by atoms with Crippen LogP contribution in [-0.2, 0) is 27.9 Å². The number of nitrogens with one attached hydrogen (secondary N) is 1. The van der Waals surface area contributed by atoms with Crippen LogP contribution in [0, 0.1) is 0 Å². The first-order valence-corrected chi connectivity index (χ1v) is 9.56. The minimum Gasteiger partial charge on any atom is -0.468 e. The molecule has 0 saturated heterocycles. The molecule has 1 N–H and O–H groups in total. The van der Waals surface area contributed by atoms with Crippen molar-refractivity contribution in [2.45, 2.75) is 19.5 Å². The van der Waals surface area contributed by atoms with E-state index in [1.54, 1.807) is 18.2 Å². The van der Waals surface area contributed by atoms with Gasteiger partial charge in [0.25, 0.3) is 0 Å². The fourth-order valence-electron chi connectivity index (χ4n) is 2.09. The third kappa shape index (κ3) is 5.67. The maximum Gasteiger partial charge on any atom is 0.221 e. The third-order valence-electron chi connectivity index (χ3n) is 3.40. The van der Waals surface area contributed by atoms with Crippen LogP contribution in [0.25, 0.3) is 0 Å². The van der Waals surface area contributed by atoms with Crippen LogP contribution in [0.3, 0.4) is 0 Å². The number of benzene rings is 1. The molecule has 2 rings (SSSR count). The second-order valence-electron chi connectivity index (χ2n) is 5.29. The Morgan fingerprint density at radius 2 is 2.00 bits per heavy atom. The lowest BCUT2D eigenvalue weighted by Crippen LogP contribution is -2.34. The monoisotopic (exact) mass is 370 g/mol. The van der Waals surface area contributed by atoms with Gasteiger partial charge in [0.1, 0.15) is 5.76 Å². The number of halogens is 1. The topological polar surface area (TPSA) is 79.6 Å². The summed E-state index contributed by atoms with van der Waals surface area (Å²) >= 11 is 6.03. The number of hydrogen-bond acceptors (Lipinski definition) is 4. The lowest BCUT2D eigenvalue weighted by Gasteiger charge is -2.18. The molecule has 0 aliphatic heterocycles. The molecule has 2 aromatic rings. The molecule has 0 atom stereocenters. The lowest BCUT2D eigenvalue weighted by atomic mass is 10.2. The fourth-order valence-corrected chi connectivity index (χ4v) is 3.08. The van der Waals surface area contributed by atoms with Crippen LogP contribution in [0.2, 0.25) is 5.02 Å². The van der Waals surface area contributed by atoms with Gasteiger partial charge in [-0.3, -0.25) is 4.79 Å². The summed E-state index contributed by atoms with van der Waals surface area (Å²) in [5, 5.41) is 3.31. The molecule has 0 radical (unpaired) electrons. The molecule has 0 aliphatic rings. The van der Waals surface area contributed by atoms with Gasteiger partial charge in [0.2, 0.25) is 15.9 Å². The fraction of sp³-hybridized carbons (Fsp3) is 0.312. The number of carbonyl (C=O) groups excluding carboxylic acids is 1. The van der Waals surface area contributed by atoms with E-state index in [1.165, 1.54) is 10.6 Å². The summed E-state index contributed by atoms with van der Waals surface area (Å²) in [6.45, 7) is 0.479. The number of carbonyl (C=O) groups is 1. The van der Waals surface area contributed by atoms with E-state index in [-0.39, 0.29) is 25.4 Å². The summed E-state index contributed by atoms with van der Waals surface area (Å²) in [5.74, 6) is 0.278. The van der Waals surface area contributed by atoms with E-state index in [1.807, 2.05) is 18.2 Å². The van der Waals surface area contributed by atoms with Crippen molar-refractivity contribution in [3.63, 3.8) is 0 Å². The summed E-state index contributed by atoms with van der Waals surface area (Å²) in [6, 6.07) is 10.6. The van der Waals surface area contributed by atoms with Gasteiger partial charge in [-0.25, -0.2) is 8.42 Å². The van der Waals surface area contributed by atoms with Crippen molar-refractivity contribution in [1.82, 2.24) is 9.62 Å². The van der Waals surface area contributed by atoms with Gasteiger partial charge in [0, 0.05) is 24.5 Å². The van der Waals surface area contributed by atoms with Crippen molar-refractivity contribution in [3.8, 4) is 0 Å². The Bertz CT molecular complexity index is 775. The van der Waals surface area contributed by atoms with Gasteiger partial charge >= 0.3 is 0 Å². The smallest absolute Gasteiger partial charge is 0.221 e. The zero-order valence-electron chi connectivity index (χ0n) is 13.2. The number of furan rings is 1. The number of amides is 1. The van der Waals surface area contributed by atoms with E-state index in [2.05, 4.69) is 5.32 Å². The van der Waals surface area contributed by atoms with Crippen molar-refractivity contribution in [2.24, 2.45) is 0 Å². The highest BCUT2D eigenvalue weighted by Crippen LogP contribution is 2.14. The van der Waals surface area contributed by atoms with Crippen LogP contribution in [0.15, 0.2) is 47.1 Å². The summed E-state index contributed by atoms with van der Waals surface area (Å²) in [4.78, 5) is 12.0. The van der Waals surface area contributed by atoms with E-state index >= 15 is 0 Å². The van der Waals surface area contributed by atoms with Crippen molar-refractivity contribution in [1.29, 1.82) is 0 Å². The van der Waals surface area contributed by atoms with Crippen molar-refractivity contribution in [2.75, 3.05) is 12.8 Å². The van der Waals surface area contributed by atoms with E-state index in [9.17, 15) is 13.2 Å². The highest BCUT2D eigenvalue weighted by Gasteiger charge is 2.19. The number of sulfonamides is 1. The molecule has 0 saturated carbocycles. The van der Waals surface area contributed by atoms with Crippen LogP contribution in [0.1, 0.15) is 17.7 Å². The molecular formula is C16H19ClN2O4S. The van der Waals surface area contributed by atoms with E-state index in [0.29, 0.717) is 17.3 Å². The lowest BCUT2D eigenvalue weighted by molar-refractivity contribution is -0.121. The predicted molar refractivity (Wildman–Crippen MR) is 91.9 cm³/mol. The molecule has 24 heavy (non-hydrogen) atoms. The van der Waals surface area contributed by atoms with Gasteiger partial charge < -0.3 is 9.73 Å². The first kappa shape index (κ1) is 18.5. The molecular weight excluding hydrogens is 352 g/mol. The van der Waals surface area contributed by atoms with Crippen molar-refractivity contribution in [3.05, 3.63) is 59.0 Å².